The predicted molar refractivity (Wildman–Crippen MR) is 70.4 cm³/mol. The third-order valence-electron chi connectivity index (χ3n) is 2.86. The van der Waals surface area contributed by atoms with Gasteiger partial charge in [0.25, 0.3) is 0 Å². The normalized spacial score (nSPS) is 13.6. The first-order valence-electron chi connectivity index (χ1n) is 5.97. The highest BCUT2D eigenvalue weighted by molar-refractivity contribution is 5.17. The molecule has 0 aliphatic rings. The minimum absolute atomic E-state index is 0.136. The second-order valence-corrected chi connectivity index (χ2v) is 5.32. The van der Waals surface area contributed by atoms with E-state index in [-0.39, 0.29) is 12.0 Å². The minimum atomic E-state index is 0.136. The van der Waals surface area contributed by atoms with Crippen LogP contribution >= 0.6 is 0 Å². The summed E-state index contributed by atoms with van der Waals surface area (Å²) >= 11 is 0. The van der Waals surface area contributed by atoms with Crippen molar-refractivity contribution in [2.75, 3.05) is 6.61 Å². The maximum absolute atomic E-state index is 9.07. The van der Waals surface area contributed by atoms with Crippen LogP contribution in [-0.2, 0) is 6.54 Å². The van der Waals surface area contributed by atoms with Gasteiger partial charge in [-0.25, -0.2) is 4.68 Å². The third kappa shape index (κ3) is 4.32. The Morgan fingerprint density at radius 1 is 1.59 bits per heavy atom. The van der Waals surface area contributed by atoms with Crippen LogP contribution in [0.4, 0.5) is 0 Å². The van der Waals surface area contributed by atoms with Gasteiger partial charge in [-0.1, -0.05) is 27.4 Å². The molecule has 0 saturated carbocycles. The van der Waals surface area contributed by atoms with Gasteiger partial charge in [0.15, 0.2) is 0 Å². The Labute approximate surface area is 103 Å². The van der Waals surface area contributed by atoms with E-state index < -0.39 is 0 Å². The van der Waals surface area contributed by atoms with Crippen molar-refractivity contribution in [2.24, 2.45) is 5.41 Å². The fourth-order valence-electron chi connectivity index (χ4n) is 1.78. The Hall–Kier alpha value is -1.13. The summed E-state index contributed by atoms with van der Waals surface area (Å²) < 4.78 is 1.69. The van der Waals surface area contributed by atoms with Crippen LogP contribution in [0.25, 0.3) is 6.20 Å². The molecule has 1 unspecified atom stereocenters. The van der Waals surface area contributed by atoms with Crippen molar-refractivity contribution in [3.63, 3.8) is 0 Å². The summed E-state index contributed by atoms with van der Waals surface area (Å²) in [7, 11) is 0. The molecule has 1 heterocycles. The van der Waals surface area contributed by atoms with E-state index in [2.05, 4.69) is 37.8 Å². The average molecular weight is 237 g/mol. The molecular formula is C13H23N3O. The predicted octanol–water partition coefficient (Wildman–Crippen LogP) is 1.87. The largest absolute Gasteiger partial charge is 0.396 e. The van der Waals surface area contributed by atoms with E-state index in [4.69, 9.17) is 5.11 Å². The molecule has 17 heavy (non-hydrogen) atoms. The molecule has 0 aliphatic heterocycles. The van der Waals surface area contributed by atoms with Gasteiger partial charge < -0.3 is 10.4 Å². The Morgan fingerprint density at radius 3 is 2.76 bits per heavy atom. The molecule has 0 aliphatic carbocycles. The number of aromatic nitrogens is 2. The van der Waals surface area contributed by atoms with Gasteiger partial charge in [-0.2, -0.15) is 5.10 Å². The van der Waals surface area contributed by atoms with Gasteiger partial charge >= 0.3 is 0 Å². The zero-order valence-corrected chi connectivity index (χ0v) is 11.0. The highest BCUT2D eigenvalue weighted by Crippen LogP contribution is 2.21. The fourth-order valence-corrected chi connectivity index (χ4v) is 1.78. The second kappa shape index (κ2) is 5.98. The zero-order valence-electron chi connectivity index (χ0n) is 11.0. The van der Waals surface area contributed by atoms with Gasteiger partial charge in [-0.15, -0.1) is 0 Å². The summed E-state index contributed by atoms with van der Waals surface area (Å²) in [4.78, 5) is 0. The summed E-state index contributed by atoms with van der Waals surface area (Å²) in [5.41, 5.74) is 1.26. The van der Waals surface area contributed by atoms with E-state index in [1.165, 1.54) is 0 Å². The van der Waals surface area contributed by atoms with Crippen LogP contribution < -0.4 is 5.32 Å². The Bertz CT molecular complexity index is 352. The lowest BCUT2D eigenvalue weighted by Crippen LogP contribution is -2.40. The molecule has 1 rings (SSSR count). The Balaban J connectivity index is 2.54. The van der Waals surface area contributed by atoms with E-state index >= 15 is 0 Å². The lowest BCUT2D eigenvalue weighted by Gasteiger charge is -2.31. The highest BCUT2D eigenvalue weighted by atomic mass is 16.3. The number of aliphatic hydroxyl groups is 1. The smallest absolute Gasteiger partial charge is 0.0538 e. The van der Waals surface area contributed by atoms with Gasteiger partial charge in [0.2, 0.25) is 0 Å². The van der Waals surface area contributed by atoms with E-state index in [1.54, 1.807) is 10.9 Å². The molecule has 4 heteroatoms. The molecule has 1 aromatic heterocycles. The summed E-state index contributed by atoms with van der Waals surface area (Å²) in [5, 5.41) is 16.7. The van der Waals surface area contributed by atoms with Crippen molar-refractivity contribution in [3.05, 3.63) is 24.5 Å². The molecule has 0 spiro atoms. The molecule has 4 nitrogen and oxygen atoms in total. The summed E-state index contributed by atoms with van der Waals surface area (Å²) in [5.74, 6) is 0. The SMILES string of the molecule is C=Cn1cc(CNC(CCO)C(C)(C)C)cn1. The van der Waals surface area contributed by atoms with Crippen molar-refractivity contribution < 1.29 is 5.11 Å². The zero-order chi connectivity index (χ0) is 12.9. The van der Waals surface area contributed by atoms with Crippen LogP contribution in [0, 0.1) is 5.41 Å². The number of hydrogen-bond donors (Lipinski definition) is 2. The third-order valence-corrected chi connectivity index (χ3v) is 2.86. The number of aliphatic hydroxyl groups excluding tert-OH is 1. The van der Waals surface area contributed by atoms with Crippen LogP contribution in [-0.4, -0.2) is 27.5 Å². The van der Waals surface area contributed by atoms with Crippen molar-refractivity contribution in [1.29, 1.82) is 0 Å². The topological polar surface area (TPSA) is 50.1 Å². The Morgan fingerprint density at radius 2 is 2.29 bits per heavy atom. The first-order chi connectivity index (χ1) is 7.97. The number of nitrogens with one attached hydrogen (secondary N) is 1. The van der Waals surface area contributed by atoms with E-state index in [1.807, 2.05) is 12.4 Å². The Kier molecular flexibility index (Phi) is 4.90. The summed E-state index contributed by atoms with van der Waals surface area (Å²) in [6, 6.07) is 0.291. The molecule has 2 N–H and O–H groups in total. The summed E-state index contributed by atoms with van der Waals surface area (Å²) in [6.45, 7) is 11.1. The van der Waals surface area contributed by atoms with E-state index in [9.17, 15) is 0 Å². The number of hydrogen-bond acceptors (Lipinski definition) is 3. The standard InChI is InChI=1S/C13H23N3O/c1-5-16-10-11(9-15-16)8-14-12(6-7-17)13(2,3)4/h5,9-10,12,14,17H,1,6-8H2,2-4H3. The quantitative estimate of drug-likeness (QED) is 0.794. The van der Waals surface area contributed by atoms with E-state index in [0.717, 1.165) is 18.5 Å². The molecular weight excluding hydrogens is 214 g/mol. The van der Waals surface area contributed by atoms with Gasteiger partial charge in [0, 0.05) is 37.2 Å². The second-order valence-electron chi connectivity index (χ2n) is 5.32. The molecule has 0 bridgehead atoms. The molecule has 1 atom stereocenters. The lowest BCUT2D eigenvalue weighted by molar-refractivity contribution is 0.196. The van der Waals surface area contributed by atoms with Crippen LogP contribution in [0.5, 0.6) is 0 Å². The van der Waals surface area contributed by atoms with Crippen LogP contribution in [0.15, 0.2) is 19.0 Å². The minimum Gasteiger partial charge on any atom is -0.396 e. The number of nitrogens with zero attached hydrogens (tertiary/aromatic N) is 2. The molecule has 0 saturated heterocycles. The van der Waals surface area contributed by atoms with Crippen LogP contribution in [0.1, 0.15) is 32.8 Å². The van der Waals surface area contributed by atoms with Crippen LogP contribution in [0.3, 0.4) is 0 Å². The monoisotopic (exact) mass is 237 g/mol. The van der Waals surface area contributed by atoms with Crippen LogP contribution in [0.2, 0.25) is 0 Å². The van der Waals surface area contributed by atoms with Crippen molar-refractivity contribution in [1.82, 2.24) is 15.1 Å². The molecule has 0 amide bonds. The molecule has 0 fully saturated rings. The lowest BCUT2D eigenvalue weighted by atomic mass is 9.85. The van der Waals surface area contributed by atoms with Gasteiger partial charge in [-0.3, -0.25) is 0 Å². The van der Waals surface area contributed by atoms with Crippen molar-refractivity contribution in [2.45, 2.75) is 39.8 Å². The molecule has 0 aromatic carbocycles. The van der Waals surface area contributed by atoms with Gasteiger partial charge in [0.05, 0.1) is 6.20 Å². The van der Waals surface area contributed by atoms with Gasteiger partial charge in [0.1, 0.15) is 0 Å². The molecule has 1 aromatic rings. The first-order valence-corrected chi connectivity index (χ1v) is 5.97. The maximum atomic E-state index is 9.07. The first kappa shape index (κ1) is 13.9. The fraction of sp³-hybridized carbons (Fsp3) is 0.615. The summed E-state index contributed by atoms with van der Waals surface area (Å²) in [6.07, 6.45) is 6.20. The van der Waals surface area contributed by atoms with Crippen molar-refractivity contribution >= 4 is 6.20 Å². The van der Waals surface area contributed by atoms with Crippen molar-refractivity contribution in [3.8, 4) is 0 Å². The number of rotatable bonds is 6. The van der Waals surface area contributed by atoms with E-state index in [0.29, 0.717) is 6.04 Å². The highest BCUT2D eigenvalue weighted by Gasteiger charge is 2.23. The molecule has 96 valence electrons. The maximum Gasteiger partial charge on any atom is 0.0538 e. The van der Waals surface area contributed by atoms with Gasteiger partial charge in [-0.05, 0) is 11.8 Å². The molecule has 0 radical (unpaired) electrons. The average Bonchev–Trinajstić information content (AvgIpc) is 2.70.